The molecular formula is CH3N4NaO2S2. The molecule has 0 aromatic heterocycles. The average Bonchev–Trinajstić information content (AvgIpc) is 2.20. The van der Waals surface area contributed by atoms with Gasteiger partial charge in [0.1, 0.15) is 0 Å². The van der Waals surface area contributed by atoms with E-state index < -0.39 is 10.2 Å². The molecule has 52 valence electrons. The van der Waals surface area contributed by atoms with Gasteiger partial charge < -0.3 is 1.43 Å². The van der Waals surface area contributed by atoms with Crippen molar-refractivity contribution in [1.29, 1.82) is 0 Å². The topological polar surface area (TPSA) is 64.7 Å². The predicted molar refractivity (Wildman–Crippen MR) is 32.6 cm³/mol. The van der Waals surface area contributed by atoms with E-state index in [1.165, 1.54) is 0 Å². The number of thiocarbonyl (C=S) groups is 1. The van der Waals surface area contributed by atoms with E-state index >= 15 is 0 Å². The second kappa shape index (κ2) is 2.27. The fraction of sp³-hybridized carbons (Fsp3) is 0. The van der Waals surface area contributed by atoms with Gasteiger partial charge >= 0.3 is 39.8 Å². The van der Waals surface area contributed by atoms with E-state index in [-0.39, 0.29) is 36.1 Å². The summed E-state index contributed by atoms with van der Waals surface area (Å²) in [5.74, 6) is 0. The summed E-state index contributed by atoms with van der Waals surface area (Å²) < 4.78 is 23.0. The molecule has 3 fully saturated rings. The molecule has 3 aliphatic heterocycles. The van der Waals surface area contributed by atoms with Gasteiger partial charge in [0.25, 0.3) is 0 Å². The van der Waals surface area contributed by atoms with Crippen LogP contribution in [0.1, 0.15) is 1.43 Å². The largest absolute Gasteiger partial charge is 1.00 e. The zero-order valence-electron chi connectivity index (χ0n) is 6.03. The predicted octanol–water partition coefficient (Wildman–Crippen LogP) is -4.81. The molecule has 0 aromatic carbocycles. The number of rotatable bonds is 0. The Morgan fingerprint density at radius 1 is 1.60 bits per heavy atom. The van der Waals surface area contributed by atoms with Crippen molar-refractivity contribution in [2.75, 3.05) is 0 Å². The van der Waals surface area contributed by atoms with Crippen molar-refractivity contribution in [3.63, 3.8) is 0 Å². The normalized spacial score (nSPS) is 32.2. The zero-order chi connectivity index (χ0) is 6.65. The van der Waals surface area contributed by atoms with Crippen LogP contribution in [0.4, 0.5) is 0 Å². The summed E-state index contributed by atoms with van der Waals surface area (Å²) in [7, 11) is -3.27. The number of hydrogen-bond acceptors (Lipinski definition) is 4. The third kappa shape index (κ3) is 0.811. The summed E-state index contributed by atoms with van der Waals surface area (Å²) in [6, 6.07) is 0. The van der Waals surface area contributed by atoms with Crippen LogP contribution in [0.5, 0.6) is 0 Å². The average molecular weight is 190 g/mol. The molecule has 3 rings (SSSR count). The molecule has 0 saturated carbocycles. The Balaban J connectivity index is 0.000000500. The van der Waals surface area contributed by atoms with Crippen LogP contribution < -0.4 is 40.5 Å². The van der Waals surface area contributed by atoms with Crippen molar-refractivity contribution in [3.05, 3.63) is 0 Å². The molecule has 0 aliphatic carbocycles. The molecule has 10 heavy (non-hydrogen) atoms. The van der Waals surface area contributed by atoms with E-state index in [1.54, 1.807) is 0 Å². The molecule has 2 N–H and O–H groups in total. The first-order valence-corrected chi connectivity index (χ1v) is 3.85. The minimum Gasteiger partial charge on any atom is -1.00 e. The third-order valence-corrected chi connectivity index (χ3v) is 2.77. The summed E-state index contributed by atoms with van der Waals surface area (Å²) in [6.07, 6.45) is 0. The van der Waals surface area contributed by atoms with Crippen LogP contribution in [-0.2, 0) is 10.2 Å². The SMILES string of the molecule is O=S1(=O)N2NC(=S)N1N2.[H-].[Na+]. The molecule has 3 saturated heterocycles. The van der Waals surface area contributed by atoms with Crippen LogP contribution >= 0.6 is 12.2 Å². The van der Waals surface area contributed by atoms with Crippen molar-refractivity contribution in [2.45, 2.75) is 0 Å². The molecule has 9 heteroatoms. The molecule has 0 amide bonds. The molecule has 1 unspecified atom stereocenters. The number of nitrogens with one attached hydrogen (secondary N) is 2. The van der Waals surface area contributed by atoms with Crippen LogP contribution in [-0.4, -0.2) is 22.5 Å². The monoisotopic (exact) mass is 190 g/mol. The van der Waals surface area contributed by atoms with E-state index in [9.17, 15) is 8.42 Å². The number of hydrogen-bond donors (Lipinski definition) is 2. The maximum Gasteiger partial charge on any atom is 1.00 e. The van der Waals surface area contributed by atoms with Gasteiger partial charge in [0.2, 0.25) is 5.11 Å². The standard InChI is InChI=1S/CH2N4O2S2.Na.H/c6-9(7)4-1(8)2-5(9)3-4;;/h3H,(H,2,8);;/q;+1;-1. The Labute approximate surface area is 86.4 Å². The minimum absolute atomic E-state index is 0. The first-order chi connectivity index (χ1) is 4.12. The molecule has 1 atom stereocenters. The van der Waals surface area contributed by atoms with Gasteiger partial charge in [-0.05, 0) is 16.7 Å². The van der Waals surface area contributed by atoms with Crippen LogP contribution in [0.15, 0.2) is 0 Å². The van der Waals surface area contributed by atoms with E-state index in [0.717, 1.165) is 8.94 Å². The molecule has 0 radical (unpaired) electrons. The van der Waals surface area contributed by atoms with Crippen molar-refractivity contribution in [3.8, 4) is 0 Å². The van der Waals surface area contributed by atoms with Crippen LogP contribution in [0.3, 0.4) is 0 Å². The summed E-state index contributed by atoms with van der Waals surface area (Å²) in [5.41, 5.74) is 4.76. The fourth-order valence-corrected chi connectivity index (χ4v) is 1.94. The van der Waals surface area contributed by atoms with Gasteiger partial charge in [-0.25, -0.2) is 0 Å². The summed E-state index contributed by atoms with van der Waals surface area (Å²) in [5, 5.41) is 0.162. The van der Waals surface area contributed by atoms with E-state index in [2.05, 4.69) is 23.2 Å². The second-order valence-electron chi connectivity index (χ2n) is 1.55. The maximum absolute atomic E-state index is 10.7. The molecule has 3 heterocycles. The van der Waals surface area contributed by atoms with Crippen LogP contribution in [0.25, 0.3) is 0 Å². The van der Waals surface area contributed by atoms with Gasteiger partial charge in [-0.15, -0.1) is 9.95 Å². The Morgan fingerprint density at radius 2 is 2.20 bits per heavy atom. The minimum atomic E-state index is -3.27. The zero-order valence-corrected chi connectivity index (χ0v) is 8.66. The van der Waals surface area contributed by atoms with Gasteiger partial charge in [-0.1, -0.05) is 0 Å². The third-order valence-electron chi connectivity index (χ3n) is 1.02. The molecule has 0 spiro atoms. The summed E-state index contributed by atoms with van der Waals surface area (Å²) >= 11 is 4.56. The van der Waals surface area contributed by atoms with Gasteiger partial charge in [0.15, 0.2) is 0 Å². The molecule has 2 bridgehead atoms. The number of hydrazine groups is 3. The smallest absolute Gasteiger partial charge is 1.00 e. The van der Waals surface area contributed by atoms with E-state index in [0.29, 0.717) is 0 Å². The van der Waals surface area contributed by atoms with Crippen molar-refractivity contribution in [2.24, 2.45) is 0 Å². The van der Waals surface area contributed by atoms with Gasteiger partial charge in [0.05, 0.1) is 0 Å². The van der Waals surface area contributed by atoms with Crippen molar-refractivity contribution in [1.82, 2.24) is 19.9 Å². The van der Waals surface area contributed by atoms with Crippen LogP contribution in [0, 0.1) is 0 Å². The second-order valence-corrected chi connectivity index (χ2v) is 3.57. The quantitative estimate of drug-likeness (QED) is 0.296. The Bertz CT molecular complexity index is 278. The summed E-state index contributed by atoms with van der Waals surface area (Å²) in [6.45, 7) is 0. The van der Waals surface area contributed by atoms with E-state index in [4.69, 9.17) is 0 Å². The molecule has 0 aromatic rings. The maximum atomic E-state index is 10.7. The molecule has 3 aliphatic rings. The first-order valence-electron chi connectivity index (χ1n) is 2.05. The van der Waals surface area contributed by atoms with E-state index in [1.807, 2.05) is 0 Å². The molecule has 6 nitrogen and oxygen atoms in total. The number of fused-ring (bicyclic) bond motifs is 1. The van der Waals surface area contributed by atoms with Crippen LogP contribution in [0.2, 0.25) is 0 Å². The molecular weight excluding hydrogens is 187 g/mol. The number of nitrogens with zero attached hydrogens (tertiary/aromatic N) is 2. The Kier molecular flexibility index (Phi) is 1.97. The fourth-order valence-electron chi connectivity index (χ4n) is 0.600. The summed E-state index contributed by atoms with van der Waals surface area (Å²) in [4.78, 5) is 0. The van der Waals surface area contributed by atoms with Crippen molar-refractivity contribution >= 4 is 27.5 Å². The van der Waals surface area contributed by atoms with Crippen molar-refractivity contribution < 1.29 is 39.4 Å². The van der Waals surface area contributed by atoms with Gasteiger partial charge in [-0.3, -0.25) is 5.43 Å². The van der Waals surface area contributed by atoms with Gasteiger partial charge in [0, 0.05) is 0 Å². The van der Waals surface area contributed by atoms with Gasteiger partial charge in [-0.2, -0.15) is 8.42 Å². The Morgan fingerprint density at radius 3 is 2.30 bits per heavy atom. The Hall–Kier alpha value is 0.560. The first kappa shape index (κ1) is 8.65.